The van der Waals surface area contributed by atoms with Crippen molar-refractivity contribution in [2.24, 2.45) is 0 Å². The van der Waals surface area contributed by atoms with Crippen LogP contribution in [-0.2, 0) is 0 Å². The zero-order chi connectivity index (χ0) is 14.7. The van der Waals surface area contributed by atoms with E-state index in [4.69, 9.17) is 0 Å². The summed E-state index contributed by atoms with van der Waals surface area (Å²) in [7, 11) is 0. The molecule has 0 saturated carbocycles. The lowest BCUT2D eigenvalue weighted by Crippen LogP contribution is -2.38. The molecule has 0 saturated heterocycles. The molecular weight excluding hydrogens is 256 g/mol. The van der Waals surface area contributed by atoms with Crippen molar-refractivity contribution in [1.29, 1.82) is 0 Å². The number of carbonyl (C=O) groups excluding carboxylic acids is 1. The van der Waals surface area contributed by atoms with Gasteiger partial charge in [0.15, 0.2) is 0 Å². The number of hydrogen-bond acceptors (Lipinski definition) is 2. The van der Waals surface area contributed by atoms with Gasteiger partial charge in [0.1, 0.15) is 0 Å². The molecule has 0 atom stereocenters. The van der Waals surface area contributed by atoms with Crippen LogP contribution in [0.25, 0.3) is 0 Å². The molecule has 1 aliphatic heterocycles. The molecule has 1 heterocycles. The summed E-state index contributed by atoms with van der Waals surface area (Å²) in [5.41, 5.74) is 2.56. The molecule has 5 heteroatoms. The van der Waals surface area contributed by atoms with Gasteiger partial charge in [0.25, 0.3) is 0 Å². The highest BCUT2D eigenvalue weighted by atomic mass is 16.4. The second kappa shape index (κ2) is 5.77. The Hall–Kier alpha value is -2.30. The van der Waals surface area contributed by atoms with Crippen LogP contribution in [0.15, 0.2) is 29.8 Å². The van der Waals surface area contributed by atoms with E-state index in [1.807, 2.05) is 19.9 Å². The van der Waals surface area contributed by atoms with E-state index in [2.05, 4.69) is 5.32 Å². The molecule has 20 heavy (non-hydrogen) atoms. The summed E-state index contributed by atoms with van der Waals surface area (Å²) in [6.45, 7) is 5.07. The van der Waals surface area contributed by atoms with E-state index < -0.39 is 5.97 Å². The van der Waals surface area contributed by atoms with Crippen molar-refractivity contribution in [2.75, 3.05) is 18.4 Å². The van der Waals surface area contributed by atoms with Crippen LogP contribution in [0.2, 0.25) is 0 Å². The Balaban J connectivity index is 2.14. The van der Waals surface area contributed by atoms with E-state index in [-0.39, 0.29) is 11.6 Å². The first-order chi connectivity index (χ1) is 9.47. The van der Waals surface area contributed by atoms with Crippen LogP contribution in [0, 0.1) is 6.92 Å². The van der Waals surface area contributed by atoms with Crippen molar-refractivity contribution in [3.05, 3.63) is 41.0 Å². The fraction of sp³-hybridized carbons (Fsp3) is 0.333. The summed E-state index contributed by atoms with van der Waals surface area (Å²) in [6, 6.07) is 4.70. The largest absolute Gasteiger partial charge is 0.478 e. The molecule has 0 aliphatic carbocycles. The minimum absolute atomic E-state index is 0.113. The molecule has 0 bridgehead atoms. The lowest BCUT2D eigenvalue weighted by molar-refractivity contribution is 0.0698. The number of anilines is 1. The van der Waals surface area contributed by atoms with Gasteiger partial charge in [-0.1, -0.05) is 23.3 Å². The number of benzene rings is 1. The molecule has 1 aliphatic rings. The Bertz CT molecular complexity index is 578. The first kappa shape index (κ1) is 14.1. The second-order valence-electron chi connectivity index (χ2n) is 5.03. The van der Waals surface area contributed by atoms with Gasteiger partial charge < -0.3 is 15.3 Å². The smallest absolute Gasteiger partial charge is 0.337 e. The van der Waals surface area contributed by atoms with Crippen molar-refractivity contribution >= 4 is 17.7 Å². The Morgan fingerprint density at radius 2 is 2.05 bits per heavy atom. The lowest BCUT2D eigenvalue weighted by atomic mass is 10.1. The number of aromatic carboxylic acids is 1. The molecule has 0 radical (unpaired) electrons. The van der Waals surface area contributed by atoms with E-state index in [0.717, 1.165) is 12.0 Å². The van der Waals surface area contributed by atoms with Gasteiger partial charge in [-0.3, -0.25) is 0 Å². The van der Waals surface area contributed by atoms with Gasteiger partial charge in [0.05, 0.1) is 11.3 Å². The summed E-state index contributed by atoms with van der Waals surface area (Å²) >= 11 is 0. The second-order valence-corrected chi connectivity index (χ2v) is 5.03. The first-order valence-electron chi connectivity index (χ1n) is 6.53. The van der Waals surface area contributed by atoms with Crippen molar-refractivity contribution in [1.82, 2.24) is 4.90 Å². The number of amides is 2. The number of carbonyl (C=O) groups is 2. The summed E-state index contributed by atoms with van der Waals surface area (Å²) in [6.07, 6.45) is 2.86. The van der Waals surface area contributed by atoms with Crippen molar-refractivity contribution < 1.29 is 14.7 Å². The van der Waals surface area contributed by atoms with Gasteiger partial charge in [-0.25, -0.2) is 9.59 Å². The molecule has 2 amide bonds. The van der Waals surface area contributed by atoms with Gasteiger partial charge >= 0.3 is 12.0 Å². The zero-order valence-corrected chi connectivity index (χ0v) is 11.6. The number of rotatable bonds is 2. The summed E-state index contributed by atoms with van der Waals surface area (Å²) in [5.74, 6) is -1.04. The molecular formula is C15H18N2O3. The molecule has 2 rings (SSSR count). The normalized spacial score (nSPS) is 14.7. The Morgan fingerprint density at radius 1 is 1.30 bits per heavy atom. The van der Waals surface area contributed by atoms with E-state index in [9.17, 15) is 14.7 Å². The van der Waals surface area contributed by atoms with Gasteiger partial charge in [0, 0.05) is 13.1 Å². The van der Waals surface area contributed by atoms with Crippen molar-refractivity contribution in [2.45, 2.75) is 20.3 Å². The summed E-state index contributed by atoms with van der Waals surface area (Å²) in [4.78, 5) is 25.0. The molecule has 1 aromatic carbocycles. The minimum Gasteiger partial charge on any atom is -0.478 e. The minimum atomic E-state index is -1.04. The molecule has 5 nitrogen and oxygen atoms in total. The van der Waals surface area contributed by atoms with Gasteiger partial charge in [-0.15, -0.1) is 0 Å². The molecule has 106 valence electrons. The summed E-state index contributed by atoms with van der Waals surface area (Å²) in [5, 5.41) is 11.9. The van der Waals surface area contributed by atoms with Gasteiger partial charge in [-0.2, -0.15) is 0 Å². The number of nitrogens with one attached hydrogen (secondary N) is 1. The van der Waals surface area contributed by atoms with Crippen LogP contribution in [0.3, 0.4) is 0 Å². The summed E-state index contributed by atoms with van der Waals surface area (Å²) < 4.78 is 0. The highest BCUT2D eigenvalue weighted by Crippen LogP contribution is 2.19. The van der Waals surface area contributed by atoms with Crippen LogP contribution in [0.1, 0.15) is 29.3 Å². The maximum Gasteiger partial charge on any atom is 0.337 e. The third-order valence-electron chi connectivity index (χ3n) is 3.37. The number of urea groups is 1. The van der Waals surface area contributed by atoms with E-state index >= 15 is 0 Å². The highest BCUT2D eigenvalue weighted by Gasteiger charge is 2.18. The van der Waals surface area contributed by atoms with Crippen LogP contribution >= 0.6 is 0 Å². The quantitative estimate of drug-likeness (QED) is 0.815. The average Bonchev–Trinajstić information content (AvgIpc) is 2.41. The fourth-order valence-corrected chi connectivity index (χ4v) is 2.09. The predicted octanol–water partition coefficient (Wildman–Crippen LogP) is 2.88. The number of carboxylic acids is 1. The van der Waals surface area contributed by atoms with E-state index in [1.165, 1.54) is 5.57 Å². The van der Waals surface area contributed by atoms with Crippen LogP contribution in [0.4, 0.5) is 10.5 Å². The number of hydrogen-bond donors (Lipinski definition) is 2. The maximum atomic E-state index is 12.1. The van der Waals surface area contributed by atoms with E-state index in [0.29, 0.717) is 18.8 Å². The van der Waals surface area contributed by atoms with E-state index in [1.54, 1.807) is 23.1 Å². The fourth-order valence-electron chi connectivity index (χ4n) is 2.09. The van der Waals surface area contributed by atoms with Crippen molar-refractivity contribution in [3.63, 3.8) is 0 Å². The van der Waals surface area contributed by atoms with Crippen molar-refractivity contribution in [3.8, 4) is 0 Å². The lowest BCUT2D eigenvalue weighted by Gasteiger charge is -2.26. The maximum absolute atomic E-state index is 12.1. The number of aryl methyl sites for hydroxylation is 1. The molecule has 2 N–H and O–H groups in total. The van der Waals surface area contributed by atoms with Crippen LogP contribution in [0.5, 0.6) is 0 Å². The van der Waals surface area contributed by atoms with Crippen LogP contribution in [-0.4, -0.2) is 35.1 Å². The average molecular weight is 274 g/mol. The standard InChI is InChI=1S/C15H18N2O3/c1-10-5-7-17(8-6-10)15(20)16-13-4-3-11(2)9-12(13)14(18)19/h3-5,9H,6-8H2,1-2H3,(H,16,20)(H,18,19). The highest BCUT2D eigenvalue weighted by molar-refractivity contribution is 6.00. The molecule has 0 aromatic heterocycles. The predicted molar refractivity (Wildman–Crippen MR) is 77.1 cm³/mol. The molecule has 1 aromatic rings. The molecule has 0 fully saturated rings. The Labute approximate surface area is 117 Å². The third-order valence-corrected chi connectivity index (χ3v) is 3.37. The molecule has 0 spiro atoms. The topological polar surface area (TPSA) is 69.6 Å². The first-order valence-corrected chi connectivity index (χ1v) is 6.53. The zero-order valence-electron chi connectivity index (χ0n) is 11.6. The number of carboxylic acid groups (broad SMARTS) is 1. The Morgan fingerprint density at radius 3 is 2.65 bits per heavy atom. The third kappa shape index (κ3) is 3.17. The monoisotopic (exact) mass is 274 g/mol. The molecule has 0 unspecified atom stereocenters. The Kier molecular flexibility index (Phi) is 4.08. The van der Waals surface area contributed by atoms with Gasteiger partial charge in [0.2, 0.25) is 0 Å². The number of nitrogens with zero attached hydrogens (tertiary/aromatic N) is 1. The van der Waals surface area contributed by atoms with Gasteiger partial charge in [-0.05, 0) is 32.4 Å². The van der Waals surface area contributed by atoms with Crippen LogP contribution < -0.4 is 5.32 Å². The SMILES string of the molecule is CC1=CCN(C(=O)Nc2ccc(C)cc2C(=O)O)CC1.